The molecule has 1 aromatic rings. The second-order valence-corrected chi connectivity index (χ2v) is 5.90. The molecule has 0 heterocycles. The third-order valence-electron chi connectivity index (χ3n) is 3.97. The van der Waals surface area contributed by atoms with E-state index in [1.165, 1.54) is 24.8 Å². The second-order valence-electron chi connectivity index (χ2n) is 5.34. The zero-order valence-electron chi connectivity index (χ0n) is 11.7. The first kappa shape index (κ1) is 15.7. The van der Waals surface area contributed by atoms with Crippen LogP contribution in [-0.2, 0) is 6.42 Å². The molecule has 0 nitrogen and oxygen atoms in total. The first-order valence-corrected chi connectivity index (χ1v) is 8.00. The summed E-state index contributed by atoms with van der Waals surface area (Å²) in [7, 11) is 0. The van der Waals surface area contributed by atoms with E-state index in [1.807, 2.05) is 6.07 Å². The molecular formula is C16H24BrF. The van der Waals surface area contributed by atoms with Crippen LogP contribution in [0, 0.1) is 18.2 Å². The van der Waals surface area contributed by atoms with E-state index in [2.05, 4.69) is 36.7 Å². The van der Waals surface area contributed by atoms with Gasteiger partial charge < -0.3 is 0 Å². The van der Waals surface area contributed by atoms with Crippen LogP contribution in [-0.4, -0.2) is 5.33 Å². The predicted molar refractivity (Wildman–Crippen MR) is 80.9 cm³/mol. The van der Waals surface area contributed by atoms with Crippen molar-refractivity contribution in [1.29, 1.82) is 0 Å². The fourth-order valence-electron chi connectivity index (χ4n) is 2.38. The smallest absolute Gasteiger partial charge is 0.123 e. The highest BCUT2D eigenvalue weighted by atomic mass is 79.9. The van der Waals surface area contributed by atoms with Gasteiger partial charge in [-0.05, 0) is 54.9 Å². The largest absolute Gasteiger partial charge is 0.207 e. The average Bonchev–Trinajstić information content (AvgIpc) is 2.39. The monoisotopic (exact) mass is 314 g/mol. The number of halogens is 2. The van der Waals surface area contributed by atoms with Gasteiger partial charge in [0.05, 0.1) is 0 Å². The number of alkyl halides is 1. The van der Waals surface area contributed by atoms with Gasteiger partial charge in [-0.25, -0.2) is 4.39 Å². The van der Waals surface area contributed by atoms with Gasteiger partial charge in [0, 0.05) is 5.33 Å². The van der Waals surface area contributed by atoms with Gasteiger partial charge in [0.25, 0.3) is 0 Å². The molecule has 2 heteroatoms. The maximum absolute atomic E-state index is 13.4. The second kappa shape index (κ2) is 7.28. The highest BCUT2D eigenvalue weighted by molar-refractivity contribution is 9.09. The van der Waals surface area contributed by atoms with Crippen LogP contribution >= 0.6 is 15.9 Å². The van der Waals surface area contributed by atoms with E-state index in [4.69, 9.17) is 0 Å². The number of aryl methyl sites for hydroxylation is 1. The summed E-state index contributed by atoms with van der Waals surface area (Å²) in [4.78, 5) is 0. The van der Waals surface area contributed by atoms with Crippen molar-refractivity contribution >= 4 is 15.9 Å². The molecule has 0 aromatic heterocycles. The van der Waals surface area contributed by atoms with E-state index in [9.17, 15) is 4.39 Å². The van der Waals surface area contributed by atoms with Crippen molar-refractivity contribution in [2.75, 3.05) is 5.33 Å². The molecule has 0 saturated heterocycles. The summed E-state index contributed by atoms with van der Waals surface area (Å²) in [5.41, 5.74) is 2.63. The van der Waals surface area contributed by atoms with Crippen LogP contribution in [0.25, 0.3) is 0 Å². The molecule has 102 valence electrons. The summed E-state index contributed by atoms with van der Waals surface area (Å²) in [6.07, 6.45) is 5.78. The number of hydrogen-bond acceptors (Lipinski definition) is 0. The quantitative estimate of drug-likeness (QED) is 0.570. The number of unbranched alkanes of at least 4 members (excludes halogenated alkanes) is 1. The molecule has 0 aliphatic heterocycles. The topological polar surface area (TPSA) is 0 Å². The predicted octanol–water partition coefficient (Wildman–Crippen LogP) is 5.66. The molecule has 1 unspecified atom stereocenters. The Kier molecular flexibility index (Phi) is 6.34. The summed E-state index contributed by atoms with van der Waals surface area (Å²) in [6, 6.07) is 5.14. The van der Waals surface area contributed by atoms with E-state index in [0.29, 0.717) is 0 Å². The fourth-order valence-corrected chi connectivity index (χ4v) is 3.26. The fraction of sp³-hybridized carbons (Fsp3) is 0.625. The van der Waals surface area contributed by atoms with Crippen molar-refractivity contribution in [1.82, 2.24) is 0 Å². The average molecular weight is 315 g/mol. The third-order valence-corrected chi connectivity index (χ3v) is 5.16. The molecule has 0 aliphatic rings. The minimum absolute atomic E-state index is 0.120. The Bertz CT molecular complexity index is 369. The normalized spacial score (nSPS) is 14.5. The first-order chi connectivity index (χ1) is 8.56. The molecule has 0 fully saturated rings. The number of benzene rings is 1. The van der Waals surface area contributed by atoms with Crippen LogP contribution < -0.4 is 0 Å². The molecule has 0 saturated carbocycles. The van der Waals surface area contributed by atoms with Crippen LogP contribution in [0.5, 0.6) is 0 Å². The Morgan fingerprint density at radius 1 is 1.28 bits per heavy atom. The van der Waals surface area contributed by atoms with Gasteiger partial charge in [-0.2, -0.15) is 0 Å². The third kappa shape index (κ3) is 4.08. The molecule has 1 aromatic carbocycles. The van der Waals surface area contributed by atoms with Crippen molar-refractivity contribution in [3.63, 3.8) is 0 Å². The SMILES string of the molecule is CCCCC(CC)(CBr)Cc1cc(F)ccc1C. The van der Waals surface area contributed by atoms with Crippen LogP contribution in [0.4, 0.5) is 4.39 Å². The van der Waals surface area contributed by atoms with E-state index < -0.39 is 0 Å². The number of hydrogen-bond donors (Lipinski definition) is 0. The summed E-state index contributed by atoms with van der Waals surface area (Å²) in [5.74, 6) is -0.120. The van der Waals surface area contributed by atoms with Crippen LogP contribution in [0.2, 0.25) is 0 Å². The van der Waals surface area contributed by atoms with Gasteiger partial charge in [0.2, 0.25) is 0 Å². The standard InChI is InChI=1S/C16H24BrF/c1-4-6-9-16(5-2,12-17)11-14-10-15(18)8-7-13(14)3/h7-8,10H,4-6,9,11-12H2,1-3H3. The van der Waals surface area contributed by atoms with Crippen molar-refractivity contribution in [3.05, 3.63) is 35.1 Å². The zero-order chi connectivity index (χ0) is 13.6. The Morgan fingerprint density at radius 2 is 2.00 bits per heavy atom. The van der Waals surface area contributed by atoms with Crippen LogP contribution in [0.1, 0.15) is 50.7 Å². The first-order valence-electron chi connectivity index (χ1n) is 6.88. The Balaban J connectivity index is 2.91. The van der Waals surface area contributed by atoms with Crippen molar-refractivity contribution in [2.45, 2.75) is 52.9 Å². The van der Waals surface area contributed by atoms with Crippen molar-refractivity contribution < 1.29 is 4.39 Å². The van der Waals surface area contributed by atoms with Gasteiger partial charge in [-0.3, -0.25) is 0 Å². The van der Waals surface area contributed by atoms with E-state index in [0.717, 1.165) is 23.7 Å². The van der Waals surface area contributed by atoms with Gasteiger partial charge in [0.1, 0.15) is 5.82 Å². The molecule has 0 N–H and O–H groups in total. The lowest BCUT2D eigenvalue weighted by Gasteiger charge is -2.31. The van der Waals surface area contributed by atoms with Gasteiger partial charge in [-0.1, -0.05) is 48.7 Å². The molecule has 0 bridgehead atoms. The minimum Gasteiger partial charge on any atom is -0.207 e. The summed E-state index contributed by atoms with van der Waals surface area (Å²) in [6.45, 7) is 6.54. The summed E-state index contributed by atoms with van der Waals surface area (Å²) >= 11 is 3.67. The molecule has 0 radical (unpaired) electrons. The lowest BCUT2D eigenvalue weighted by atomic mass is 9.76. The molecule has 0 aliphatic carbocycles. The Morgan fingerprint density at radius 3 is 2.56 bits per heavy atom. The van der Waals surface area contributed by atoms with Crippen LogP contribution in [0.15, 0.2) is 18.2 Å². The number of rotatable bonds is 7. The summed E-state index contributed by atoms with van der Waals surface area (Å²) in [5, 5.41) is 0.993. The highest BCUT2D eigenvalue weighted by Gasteiger charge is 2.27. The summed E-state index contributed by atoms with van der Waals surface area (Å²) < 4.78 is 13.4. The zero-order valence-corrected chi connectivity index (χ0v) is 13.3. The van der Waals surface area contributed by atoms with E-state index >= 15 is 0 Å². The molecule has 18 heavy (non-hydrogen) atoms. The van der Waals surface area contributed by atoms with Gasteiger partial charge in [0.15, 0.2) is 0 Å². The van der Waals surface area contributed by atoms with Gasteiger partial charge in [-0.15, -0.1) is 0 Å². The van der Waals surface area contributed by atoms with Crippen molar-refractivity contribution in [2.24, 2.45) is 5.41 Å². The Hall–Kier alpha value is -0.370. The highest BCUT2D eigenvalue weighted by Crippen LogP contribution is 2.35. The lowest BCUT2D eigenvalue weighted by Crippen LogP contribution is -2.25. The van der Waals surface area contributed by atoms with Gasteiger partial charge >= 0.3 is 0 Å². The lowest BCUT2D eigenvalue weighted by molar-refractivity contribution is 0.283. The Labute approximate surface area is 119 Å². The maximum Gasteiger partial charge on any atom is 0.123 e. The van der Waals surface area contributed by atoms with E-state index in [-0.39, 0.29) is 11.2 Å². The van der Waals surface area contributed by atoms with E-state index in [1.54, 1.807) is 12.1 Å². The minimum atomic E-state index is -0.120. The van der Waals surface area contributed by atoms with Crippen LogP contribution in [0.3, 0.4) is 0 Å². The molecular weight excluding hydrogens is 291 g/mol. The molecule has 1 atom stereocenters. The molecule has 0 amide bonds. The maximum atomic E-state index is 13.4. The molecule has 1 rings (SSSR count). The molecule has 0 spiro atoms. The van der Waals surface area contributed by atoms with Crippen molar-refractivity contribution in [3.8, 4) is 0 Å².